The Bertz CT molecular complexity index is 766. The molecule has 0 spiro atoms. The highest BCUT2D eigenvalue weighted by atomic mass is 16.6. The molecule has 27 heavy (non-hydrogen) atoms. The van der Waals surface area contributed by atoms with Crippen LogP contribution in [-0.4, -0.2) is 53.3 Å². The Morgan fingerprint density at radius 3 is 2.74 bits per heavy atom. The molecule has 0 bridgehead atoms. The van der Waals surface area contributed by atoms with E-state index in [1.807, 2.05) is 29.1 Å². The molecule has 2 aromatic rings. The Labute approximate surface area is 158 Å². The highest BCUT2D eigenvalue weighted by Crippen LogP contribution is 2.33. The van der Waals surface area contributed by atoms with E-state index in [-0.39, 0.29) is 11.9 Å². The van der Waals surface area contributed by atoms with E-state index in [4.69, 9.17) is 9.47 Å². The molecular formula is C20H25N3O4. The van der Waals surface area contributed by atoms with Crippen LogP contribution in [0.4, 0.5) is 0 Å². The topological polar surface area (TPSA) is 85.6 Å². The minimum atomic E-state index is -0.530. The number of ether oxygens (including phenoxy) is 2. The van der Waals surface area contributed by atoms with Gasteiger partial charge in [0.05, 0.1) is 25.4 Å². The Kier molecular flexibility index (Phi) is 4.99. The predicted molar refractivity (Wildman–Crippen MR) is 98.2 cm³/mol. The molecule has 1 aliphatic carbocycles. The van der Waals surface area contributed by atoms with Gasteiger partial charge >= 0.3 is 0 Å². The molecule has 0 radical (unpaired) electrons. The zero-order valence-corrected chi connectivity index (χ0v) is 15.4. The van der Waals surface area contributed by atoms with E-state index >= 15 is 0 Å². The van der Waals surface area contributed by atoms with Crippen molar-refractivity contribution >= 4 is 5.91 Å². The van der Waals surface area contributed by atoms with Crippen molar-refractivity contribution in [2.75, 3.05) is 20.3 Å². The highest BCUT2D eigenvalue weighted by molar-refractivity contribution is 5.94. The molecule has 1 aliphatic heterocycles. The first-order valence-electron chi connectivity index (χ1n) is 9.29. The van der Waals surface area contributed by atoms with Gasteiger partial charge in [0.1, 0.15) is 5.60 Å². The summed E-state index contributed by atoms with van der Waals surface area (Å²) in [5.74, 6) is 0.134. The van der Waals surface area contributed by atoms with Crippen molar-refractivity contribution < 1.29 is 19.4 Å². The number of nitrogens with one attached hydrogen (secondary N) is 1. The van der Waals surface area contributed by atoms with E-state index in [1.165, 1.54) is 0 Å². The maximum absolute atomic E-state index is 12.6. The summed E-state index contributed by atoms with van der Waals surface area (Å²) in [5.41, 5.74) is 1.19. The number of carbonyl (C=O) groups is 1. The first kappa shape index (κ1) is 18.2. The zero-order valence-electron chi connectivity index (χ0n) is 15.4. The molecule has 2 N–H and O–H groups in total. The molecule has 7 nitrogen and oxygen atoms in total. The average molecular weight is 371 g/mol. The molecule has 1 amide bonds. The van der Waals surface area contributed by atoms with Gasteiger partial charge in [0.25, 0.3) is 5.91 Å². The third-order valence-corrected chi connectivity index (χ3v) is 5.68. The number of rotatable bonds is 6. The van der Waals surface area contributed by atoms with Gasteiger partial charge in [-0.2, -0.15) is 5.10 Å². The fourth-order valence-electron chi connectivity index (χ4n) is 3.96. The molecule has 3 atom stereocenters. The first-order valence-corrected chi connectivity index (χ1v) is 9.29. The highest BCUT2D eigenvalue weighted by Gasteiger charge is 2.40. The quantitative estimate of drug-likeness (QED) is 0.800. The van der Waals surface area contributed by atoms with Gasteiger partial charge in [-0.1, -0.05) is 12.1 Å². The number of hydrogen-bond acceptors (Lipinski definition) is 5. The summed E-state index contributed by atoms with van der Waals surface area (Å²) < 4.78 is 12.7. The standard InChI is InChI=1S/C20H25N3O4/c1-26-20(12-27-13-20)16-5-3-15(4-6-16)19(25)22-17-9-14(10-18(17)24)11-23-8-2-7-21-23/h2-8,14,17-18,24H,9-13H2,1H3,(H,22,25)/t14?,17-,18-/m1/s1. The number of methoxy groups -OCH3 is 1. The molecule has 7 heteroatoms. The number of amides is 1. The van der Waals surface area contributed by atoms with Gasteiger partial charge in [-0.05, 0) is 42.5 Å². The van der Waals surface area contributed by atoms with Crippen LogP contribution < -0.4 is 5.32 Å². The van der Waals surface area contributed by atoms with Gasteiger partial charge in [-0.3, -0.25) is 9.48 Å². The smallest absolute Gasteiger partial charge is 0.251 e. The molecule has 4 rings (SSSR count). The van der Waals surface area contributed by atoms with Crippen LogP contribution in [0.1, 0.15) is 28.8 Å². The molecule has 144 valence electrons. The van der Waals surface area contributed by atoms with Gasteiger partial charge in [0.15, 0.2) is 0 Å². The van der Waals surface area contributed by atoms with Crippen LogP contribution in [0.3, 0.4) is 0 Å². The lowest BCUT2D eigenvalue weighted by Crippen LogP contribution is -2.48. The molecule has 1 saturated carbocycles. The summed E-state index contributed by atoms with van der Waals surface area (Å²) in [6, 6.07) is 9.07. The van der Waals surface area contributed by atoms with Crippen LogP contribution in [0.15, 0.2) is 42.7 Å². The first-order chi connectivity index (χ1) is 13.1. The predicted octanol–water partition coefficient (Wildman–Crippen LogP) is 1.32. The Balaban J connectivity index is 1.36. The summed E-state index contributed by atoms with van der Waals surface area (Å²) in [6.07, 6.45) is 4.55. The zero-order chi connectivity index (χ0) is 18.9. The van der Waals surface area contributed by atoms with Gasteiger partial charge in [-0.25, -0.2) is 0 Å². The molecule has 1 saturated heterocycles. The van der Waals surface area contributed by atoms with Crippen LogP contribution in [0.5, 0.6) is 0 Å². The third-order valence-electron chi connectivity index (χ3n) is 5.68. The van der Waals surface area contributed by atoms with Crippen LogP contribution in [-0.2, 0) is 21.6 Å². The van der Waals surface area contributed by atoms with Crippen molar-refractivity contribution in [1.29, 1.82) is 0 Å². The Morgan fingerprint density at radius 2 is 2.15 bits per heavy atom. The second kappa shape index (κ2) is 7.42. The second-order valence-corrected chi connectivity index (χ2v) is 7.48. The van der Waals surface area contributed by atoms with Gasteiger partial charge in [0, 0.05) is 31.6 Å². The van der Waals surface area contributed by atoms with Crippen LogP contribution in [0.2, 0.25) is 0 Å². The average Bonchev–Trinajstić information content (AvgIpc) is 3.25. The van der Waals surface area contributed by atoms with Crippen molar-refractivity contribution in [2.24, 2.45) is 5.92 Å². The van der Waals surface area contributed by atoms with E-state index in [0.717, 1.165) is 18.5 Å². The molecule has 1 aromatic carbocycles. The number of carbonyl (C=O) groups excluding carboxylic acids is 1. The third kappa shape index (κ3) is 3.63. The number of aliphatic hydroxyl groups is 1. The fraction of sp³-hybridized carbons (Fsp3) is 0.500. The van der Waals surface area contributed by atoms with Crippen molar-refractivity contribution in [3.8, 4) is 0 Å². The molecule has 2 fully saturated rings. The van der Waals surface area contributed by atoms with Gasteiger partial charge in [-0.15, -0.1) is 0 Å². The Hall–Kier alpha value is -2.22. The summed E-state index contributed by atoms with van der Waals surface area (Å²) in [7, 11) is 1.67. The lowest BCUT2D eigenvalue weighted by Gasteiger charge is -2.40. The van der Waals surface area contributed by atoms with Crippen molar-refractivity contribution in [3.05, 3.63) is 53.9 Å². The van der Waals surface area contributed by atoms with Crippen LogP contribution in [0.25, 0.3) is 0 Å². The normalized spacial score (nSPS) is 26.5. The largest absolute Gasteiger partial charge is 0.391 e. The lowest BCUT2D eigenvalue weighted by atomic mass is 9.91. The molecular weight excluding hydrogens is 346 g/mol. The van der Waals surface area contributed by atoms with Crippen molar-refractivity contribution in [3.63, 3.8) is 0 Å². The SMILES string of the molecule is COC1(c2ccc(C(=O)N[C@@H]3CC(Cn4cccn4)C[C@H]3O)cc2)COC1. The number of aromatic nitrogens is 2. The fourth-order valence-corrected chi connectivity index (χ4v) is 3.96. The molecule has 2 aliphatic rings. The van der Waals surface area contributed by atoms with E-state index in [9.17, 15) is 9.90 Å². The van der Waals surface area contributed by atoms with Crippen molar-refractivity contribution in [1.82, 2.24) is 15.1 Å². The Morgan fingerprint density at radius 1 is 1.37 bits per heavy atom. The summed E-state index contributed by atoms with van der Waals surface area (Å²) >= 11 is 0. The van der Waals surface area contributed by atoms with Gasteiger partial charge < -0.3 is 19.9 Å². The monoisotopic (exact) mass is 371 g/mol. The number of benzene rings is 1. The van der Waals surface area contributed by atoms with Crippen LogP contribution in [0, 0.1) is 5.92 Å². The van der Waals surface area contributed by atoms with E-state index in [0.29, 0.717) is 31.1 Å². The van der Waals surface area contributed by atoms with Crippen molar-refractivity contribution in [2.45, 2.75) is 37.1 Å². The second-order valence-electron chi connectivity index (χ2n) is 7.48. The van der Waals surface area contributed by atoms with Gasteiger partial charge in [0.2, 0.25) is 0 Å². The van der Waals surface area contributed by atoms with E-state index < -0.39 is 11.7 Å². The molecule has 1 aromatic heterocycles. The maximum Gasteiger partial charge on any atom is 0.251 e. The number of aliphatic hydroxyl groups excluding tert-OH is 1. The van der Waals surface area contributed by atoms with E-state index in [2.05, 4.69) is 10.4 Å². The maximum atomic E-state index is 12.6. The number of nitrogens with zero attached hydrogens (tertiary/aromatic N) is 2. The minimum absolute atomic E-state index is 0.165. The summed E-state index contributed by atoms with van der Waals surface area (Å²) in [5, 5.41) is 17.5. The van der Waals surface area contributed by atoms with Crippen LogP contribution >= 0.6 is 0 Å². The van der Waals surface area contributed by atoms with E-state index in [1.54, 1.807) is 25.4 Å². The molecule has 2 heterocycles. The number of hydrogen-bond donors (Lipinski definition) is 2. The molecule has 1 unspecified atom stereocenters. The summed E-state index contributed by atoms with van der Waals surface area (Å²) in [6.45, 7) is 1.81. The minimum Gasteiger partial charge on any atom is -0.391 e. The lowest BCUT2D eigenvalue weighted by molar-refractivity contribution is -0.202. The summed E-state index contributed by atoms with van der Waals surface area (Å²) in [4.78, 5) is 12.6.